The number of hydrogen-bond acceptors (Lipinski definition) is 6. The summed E-state index contributed by atoms with van der Waals surface area (Å²) in [6.45, 7) is 7.60. The van der Waals surface area contributed by atoms with E-state index in [0.29, 0.717) is 11.4 Å². The number of sulfonamides is 1. The molecule has 0 bridgehead atoms. The fourth-order valence-corrected chi connectivity index (χ4v) is 5.27. The second kappa shape index (κ2) is 6.97. The van der Waals surface area contributed by atoms with Crippen molar-refractivity contribution in [1.82, 2.24) is 15.0 Å². The van der Waals surface area contributed by atoms with Crippen molar-refractivity contribution < 1.29 is 8.42 Å². The van der Waals surface area contributed by atoms with Gasteiger partial charge in [0.1, 0.15) is 0 Å². The van der Waals surface area contributed by atoms with Crippen molar-refractivity contribution in [2.24, 2.45) is 0 Å². The summed E-state index contributed by atoms with van der Waals surface area (Å²) >= 11 is 2.98. The van der Waals surface area contributed by atoms with Crippen molar-refractivity contribution in [3.8, 4) is 0 Å². The van der Waals surface area contributed by atoms with E-state index in [0.717, 1.165) is 26.9 Å². The summed E-state index contributed by atoms with van der Waals surface area (Å²) in [6.07, 6.45) is 0. The molecule has 2 aromatic rings. The highest BCUT2D eigenvalue weighted by Crippen LogP contribution is 2.26. The van der Waals surface area contributed by atoms with Crippen LogP contribution in [0.15, 0.2) is 16.5 Å². The third-order valence-corrected chi connectivity index (χ3v) is 6.67. The van der Waals surface area contributed by atoms with Crippen LogP contribution in [-0.4, -0.2) is 19.9 Å². The number of rotatable bonds is 7. The Morgan fingerprint density at radius 1 is 1.29 bits per heavy atom. The minimum atomic E-state index is -3.48. The summed E-state index contributed by atoms with van der Waals surface area (Å²) < 4.78 is 27.5. The molecule has 116 valence electrons. The average Bonchev–Trinajstić information content (AvgIpc) is 3.00. The minimum absolute atomic E-state index is 0.288. The lowest BCUT2D eigenvalue weighted by Crippen LogP contribution is -2.23. The number of thiazole rings is 1. The molecule has 0 aliphatic rings. The predicted octanol–water partition coefficient (Wildman–Crippen LogP) is 2.41. The van der Waals surface area contributed by atoms with Crippen LogP contribution in [-0.2, 0) is 23.1 Å². The molecule has 5 nitrogen and oxygen atoms in total. The Morgan fingerprint density at radius 3 is 2.67 bits per heavy atom. The first-order valence-corrected chi connectivity index (χ1v) is 9.80. The number of aromatic nitrogens is 1. The van der Waals surface area contributed by atoms with Crippen molar-refractivity contribution >= 4 is 32.7 Å². The summed E-state index contributed by atoms with van der Waals surface area (Å²) in [7, 11) is -3.48. The number of hydrogen-bond donors (Lipinski definition) is 2. The van der Waals surface area contributed by atoms with Gasteiger partial charge in [-0.15, -0.1) is 22.7 Å². The van der Waals surface area contributed by atoms with Crippen LogP contribution in [0, 0.1) is 13.8 Å². The first-order chi connectivity index (χ1) is 9.94. The van der Waals surface area contributed by atoms with Crippen LogP contribution in [0.3, 0.4) is 0 Å². The number of aryl methyl sites for hydroxylation is 2. The maximum atomic E-state index is 12.4. The summed E-state index contributed by atoms with van der Waals surface area (Å²) in [5.41, 5.74) is 2.60. The van der Waals surface area contributed by atoms with Crippen molar-refractivity contribution in [2.75, 3.05) is 6.54 Å². The summed E-state index contributed by atoms with van der Waals surface area (Å²) in [5.74, 6) is 0. The zero-order chi connectivity index (χ0) is 15.5. The van der Waals surface area contributed by atoms with Gasteiger partial charge in [0.2, 0.25) is 10.0 Å². The average molecular weight is 346 g/mol. The second-order valence-corrected chi connectivity index (χ2v) is 8.61. The molecule has 0 unspecified atom stereocenters. The van der Waals surface area contributed by atoms with E-state index in [9.17, 15) is 8.42 Å². The van der Waals surface area contributed by atoms with Gasteiger partial charge < -0.3 is 5.32 Å². The van der Waals surface area contributed by atoms with Crippen LogP contribution in [0.25, 0.3) is 0 Å². The zero-order valence-corrected chi connectivity index (χ0v) is 14.7. The molecule has 0 saturated heterocycles. The Labute approximate surface area is 133 Å². The van der Waals surface area contributed by atoms with Gasteiger partial charge in [0.25, 0.3) is 0 Å². The van der Waals surface area contributed by atoms with Gasteiger partial charge in [-0.2, -0.15) is 0 Å². The highest BCUT2D eigenvalue weighted by molar-refractivity contribution is 7.89. The Balaban J connectivity index is 2.12. The molecule has 0 spiro atoms. The molecule has 2 rings (SSSR count). The number of nitrogens with zero attached hydrogens (tertiary/aromatic N) is 1. The summed E-state index contributed by atoms with van der Waals surface area (Å²) in [6, 6.07) is 1.75. The minimum Gasteiger partial charge on any atom is -0.312 e. The monoisotopic (exact) mass is 345 g/mol. The molecular weight excluding hydrogens is 326 g/mol. The summed E-state index contributed by atoms with van der Waals surface area (Å²) in [5, 5.41) is 3.21. The Morgan fingerprint density at radius 2 is 2.05 bits per heavy atom. The molecule has 0 radical (unpaired) electrons. The van der Waals surface area contributed by atoms with E-state index >= 15 is 0 Å². The van der Waals surface area contributed by atoms with E-state index in [1.54, 1.807) is 11.6 Å². The van der Waals surface area contributed by atoms with Gasteiger partial charge >= 0.3 is 0 Å². The molecule has 0 aliphatic carbocycles. The molecular formula is C13H19N3O2S3. The van der Waals surface area contributed by atoms with Crippen molar-refractivity contribution in [1.29, 1.82) is 0 Å². The predicted molar refractivity (Wildman–Crippen MR) is 87.3 cm³/mol. The topological polar surface area (TPSA) is 71.1 Å². The van der Waals surface area contributed by atoms with Crippen LogP contribution in [0.4, 0.5) is 0 Å². The molecule has 0 saturated carbocycles. The van der Waals surface area contributed by atoms with E-state index in [4.69, 9.17) is 0 Å². The van der Waals surface area contributed by atoms with E-state index in [2.05, 4.69) is 15.0 Å². The highest BCUT2D eigenvalue weighted by atomic mass is 32.2. The molecule has 8 heteroatoms. The third-order valence-electron chi connectivity index (χ3n) is 3.03. The Bertz CT molecular complexity index is 704. The molecule has 0 aliphatic heterocycles. The molecule has 21 heavy (non-hydrogen) atoms. The van der Waals surface area contributed by atoms with Gasteiger partial charge in [-0.3, -0.25) is 0 Å². The normalized spacial score (nSPS) is 12.0. The van der Waals surface area contributed by atoms with Gasteiger partial charge in [0, 0.05) is 27.7 Å². The van der Waals surface area contributed by atoms with Crippen LogP contribution < -0.4 is 10.0 Å². The van der Waals surface area contributed by atoms with E-state index in [-0.39, 0.29) is 6.54 Å². The van der Waals surface area contributed by atoms with Gasteiger partial charge in [-0.05, 0) is 26.5 Å². The molecule has 0 fully saturated rings. The molecule has 0 atom stereocenters. The Hall–Kier alpha value is -0.800. The maximum absolute atomic E-state index is 12.4. The van der Waals surface area contributed by atoms with Crippen molar-refractivity contribution in [3.05, 3.63) is 31.9 Å². The van der Waals surface area contributed by atoms with Gasteiger partial charge in [-0.1, -0.05) is 6.92 Å². The van der Waals surface area contributed by atoms with Gasteiger partial charge in [0.05, 0.1) is 16.1 Å². The summed E-state index contributed by atoms with van der Waals surface area (Å²) in [4.78, 5) is 7.29. The number of nitrogens with one attached hydrogen (secondary N) is 2. The van der Waals surface area contributed by atoms with Crippen molar-refractivity contribution in [3.63, 3.8) is 0 Å². The number of thiophene rings is 1. The molecule has 2 N–H and O–H groups in total. The largest absolute Gasteiger partial charge is 0.312 e. The Kier molecular flexibility index (Phi) is 5.50. The van der Waals surface area contributed by atoms with Gasteiger partial charge in [-0.25, -0.2) is 18.1 Å². The fraction of sp³-hybridized carbons (Fsp3) is 0.462. The van der Waals surface area contributed by atoms with Crippen LogP contribution >= 0.6 is 22.7 Å². The van der Waals surface area contributed by atoms with E-state index in [1.807, 2.05) is 20.8 Å². The zero-order valence-electron chi connectivity index (χ0n) is 12.3. The first kappa shape index (κ1) is 16.6. The molecule has 0 aromatic carbocycles. The van der Waals surface area contributed by atoms with Crippen LogP contribution in [0.2, 0.25) is 0 Å². The first-order valence-electron chi connectivity index (χ1n) is 6.62. The fourth-order valence-electron chi connectivity index (χ4n) is 1.86. The quantitative estimate of drug-likeness (QED) is 0.808. The third kappa shape index (κ3) is 4.10. The van der Waals surface area contributed by atoms with Gasteiger partial charge in [0.15, 0.2) is 0 Å². The highest BCUT2D eigenvalue weighted by Gasteiger charge is 2.20. The molecule has 2 heterocycles. The SMILES string of the molecule is CCNCc1cc(S(=O)(=O)NCc2scnc2C)c(C)s1. The van der Waals surface area contributed by atoms with Crippen LogP contribution in [0.1, 0.15) is 27.2 Å². The standard InChI is InChI=1S/C13H19N3O2S3/c1-4-14-6-11-5-13(10(3)20-11)21(17,18)16-7-12-9(2)15-8-19-12/h5,8,14,16H,4,6-7H2,1-3H3. The lowest BCUT2D eigenvalue weighted by atomic mass is 10.4. The van der Waals surface area contributed by atoms with Crippen LogP contribution in [0.5, 0.6) is 0 Å². The molecule has 0 amide bonds. The van der Waals surface area contributed by atoms with Crippen molar-refractivity contribution in [2.45, 2.75) is 38.8 Å². The maximum Gasteiger partial charge on any atom is 0.242 e. The molecule has 2 aromatic heterocycles. The lowest BCUT2D eigenvalue weighted by molar-refractivity contribution is 0.581. The smallest absolute Gasteiger partial charge is 0.242 e. The van der Waals surface area contributed by atoms with E-state index in [1.165, 1.54) is 22.7 Å². The lowest BCUT2D eigenvalue weighted by Gasteiger charge is -2.05. The van der Waals surface area contributed by atoms with E-state index < -0.39 is 10.0 Å². The second-order valence-electron chi connectivity index (χ2n) is 4.60.